The van der Waals surface area contributed by atoms with Crippen LogP contribution in [0.4, 0.5) is 14.9 Å². The summed E-state index contributed by atoms with van der Waals surface area (Å²) >= 11 is 6.89. The van der Waals surface area contributed by atoms with Crippen molar-refractivity contribution in [1.82, 2.24) is 0 Å². The van der Waals surface area contributed by atoms with E-state index >= 15 is 0 Å². The van der Waals surface area contributed by atoms with Crippen LogP contribution >= 0.6 is 22.9 Å². The molecule has 1 aliphatic heterocycles. The number of nitrogens with zero attached hydrogens (tertiary/aromatic N) is 1. The maximum Gasteiger partial charge on any atom is 0.326 e. The summed E-state index contributed by atoms with van der Waals surface area (Å²) in [5.41, 5.74) is 5.12. The van der Waals surface area contributed by atoms with Gasteiger partial charge < -0.3 is 10.8 Å². The monoisotopic (exact) mass is 338 g/mol. The van der Waals surface area contributed by atoms with Crippen molar-refractivity contribution in [1.29, 1.82) is 0 Å². The molecule has 1 aromatic carbocycles. The molecule has 0 radical (unpaired) electrons. The number of rotatable bonds is 1. The fourth-order valence-electron chi connectivity index (χ4n) is 2.24. The van der Waals surface area contributed by atoms with Gasteiger partial charge in [0.2, 0.25) is 0 Å². The first-order valence-corrected chi connectivity index (χ1v) is 7.28. The quantitative estimate of drug-likeness (QED) is 0.617. The molecular weight excluding hydrogens is 331 g/mol. The van der Waals surface area contributed by atoms with Crippen LogP contribution in [0, 0.1) is 5.82 Å². The standard InChI is InChI=1S/C14H8ClFN2O3S/c15-7-5-9-6(4-8(7)16)11(13(20)18(9)14(17)21)12(19)10-2-1-3-22-10/h1-5,19H,(H2,17,21)/b12-11-. The van der Waals surface area contributed by atoms with Crippen molar-refractivity contribution >= 4 is 51.9 Å². The lowest BCUT2D eigenvalue weighted by molar-refractivity contribution is -0.112. The number of carbonyl (C=O) groups is 2. The van der Waals surface area contributed by atoms with Gasteiger partial charge in [-0.25, -0.2) is 14.1 Å². The lowest BCUT2D eigenvalue weighted by Crippen LogP contribution is -2.38. The lowest BCUT2D eigenvalue weighted by Gasteiger charge is -2.11. The predicted molar refractivity (Wildman–Crippen MR) is 82.2 cm³/mol. The minimum Gasteiger partial charge on any atom is -0.506 e. The molecule has 1 aliphatic rings. The van der Waals surface area contributed by atoms with Crippen LogP contribution in [-0.4, -0.2) is 17.0 Å². The van der Waals surface area contributed by atoms with E-state index in [0.717, 1.165) is 12.1 Å². The summed E-state index contributed by atoms with van der Waals surface area (Å²) in [6.07, 6.45) is 0. The van der Waals surface area contributed by atoms with Crippen LogP contribution in [0.5, 0.6) is 0 Å². The normalized spacial score (nSPS) is 15.9. The van der Waals surface area contributed by atoms with Gasteiger partial charge in [0, 0.05) is 5.56 Å². The number of hydrogen-bond acceptors (Lipinski definition) is 4. The number of fused-ring (bicyclic) bond motifs is 1. The fraction of sp³-hybridized carbons (Fsp3) is 0. The molecular formula is C14H8ClFN2O3S. The number of halogens is 2. The summed E-state index contributed by atoms with van der Waals surface area (Å²) in [6, 6.07) is 4.37. The maximum atomic E-state index is 13.7. The van der Waals surface area contributed by atoms with Crippen LogP contribution in [0.1, 0.15) is 10.4 Å². The maximum absolute atomic E-state index is 13.7. The smallest absolute Gasteiger partial charge is 0.326 e. The molecule has 0 unspecified atom stereocenters. The summed E-state index contributed by atoms with van der Waals surface area (Å²) in [4.78, 5) is 25.0. The molecule has 3 amide bonds. The van der Waals surface area contributed by atoms with E-state index in [0.29, 0.717) is 9.78 Å². The zero-order chi connectivity index (χ0) is 16.0. The minimum absolute atomic E-state index is 0.0435. The average molecular weight is 339 g/mol. The largest absolute Gasteiger partial charge is 0.506 e. The first-order valence-electron chi connectivity index (χ1n) is 6.02. The molecule has 2 aromatic rings. The Morgan fingerprint density at radius 3 is 2.73 bits per heavy atom. The number of hydrogen-bond donors (Lipinski definition) is 2. The van der Waals surface area contributed by atoms with E-state index in [1.54, 1.807) is 17.5 Å². The molecule has 0 fully saturated rings. The van der Waals surface area contributed by atoms with Crippen LogP contribution in [0.2, 0.25) is 5.02 Å². The highest BCUT2D eigenvalue weighted by Crippen LogP contribution is 2.42. The highest BCUT2D eigenvalue weighted by molar-refractivity contribution is 7.11. The third-order valence-electron chi connectivity index (χ3n) is 3.18. The lowest BCUT2D eigenvalue weighted by atomic mass is 10.1. The van der Waals surface area contributed by atoms with Crippen molar-refractivity contribution in [2.24, 2.45) is 5.73 Å². The zero-order valence-corrected chi connectivity index (χ0v) is 12.4. The van der Waals surface area contributed by atoms with Gasteiger partial charge in [-0.1, -0.05) is 17.7 Å². The van der Waals surface area contributed by atoms with Gasteiger partial charge in [-0.05, 0) is 23.6 Å². The number of benzene rings is 1. The average Bonchev–Trinajstić information content (AvgIpc) is 3.05. The fourth-order valence-corrected chi connectivity index (χ4v) is 3.07. The first kappa shape index (κ1) is 14.6. The molecule has 0 bridgehead atoms. The molecule has 8 heteroatoms. The van der Waals surface area contributed by atoms with E-state index in [-0.39, 0.29) is 27.6 Å². The van der Waals surface area contributed by atoms with Gasteiger partial charge in [-0.15, -0.1) is 11.3 Å². The van der Waals surface area contributed by atoms with E-state index in [2.05, 4.69) is 0 Å². The van der Waals surface area contributed by atoms with Gasteiger partial charge in [0.25, 0.3) is 5.91 Å². The molecule has 0 atom stereocenters. The predicted octanol–water partition coefficient (Wildman–Crippen LogP) is 3.39. The van der Waals surface area contributed by atoms with Crippen LogP contribution < -0.4 is 10.6 Å². The molecule has 2 heterocycles. The van der Waals surface area contributed by atoms with Gasteiger partial charge in [0.15, 0.2) is 0 Å². The van der Waals surface area contributed by atoms with Gasteiger partial charge in [0.05, 0.1) is 21.2 Å². The Morgan fingerprint density at radius 2 is 2.14 bits per heavy atom. The SMILES string of the molecule is NC(=O)N1C(=O)/C(=C(\O)c2cccs2)c2cc(F)c(Cl)cc21. The number of nitrogens with two attached hydrogens (primary N) is 1. The Bertz CT molecular complexity index is 833. The number of anilines is 1. The summed E-state index contributed by atoms with van der Waals surface area (Å²) in [7, 11) is 0. The molecule has 22 heavy (non-hydrogen) atoms. The van der Waals surface area contributed by atoms with Gasteiger partial charge in [0.1, 0.15) is 11.6 Å². The Labute approximate surface area is 133 Å². The Morgan fingerprint density at radius 1 is 1.41 bits per heavy atom. The highest BCUT2D eigenvalue weighted by atomic mass is 35.5. The second-order valence-electron chi connectivity index (χ2n) is 4.46. The van der Waals surface area contributed by atoms with Crippen molar-refractivity contribution in [3.8, 4) is 0 Å². The highest BCUT2D eigenvalue weighted by Gasteiger charge is 2.39. The van der Waals surface area contributed by atoms with E-state index < -0.39 is 17.8 Å². The summed E-state index contributed by atoms with van der Waals surface area (Å²) in [5.74, 6) is -1.93. The van der Waals surface area contributed by atoms with E-state index in [1.807, 2.05) is 0 Å². The number of amides is 3. The molecule has 0 saturated heterocycles. The topological polar surface area (TPSA) is 83.6 Å². The van der Waals surface area contributed by atoms with Crippen molar-refractivity contribution in [3.05, 3.63) is 50.9 Å². The van der Waals surface area contributed by atoms with Crippen LogP contribution in [0.3, 0.4) is 0 Å². The summed E-state index contributed by atoms with van der Waals surface area (Å²) in [6.45, 7) is 0. The van der Waals surface area contributed by atoms with Gasteiger partial charge in [-0.2, -0.15) is 0 Å². The van der Waals surface area contributed by atoms with Crippen molar-refractivity contribution in [2.45, 2.75) is 0 Å². The Kier molecular flexibility index (Phi) is 3.38. The number of thiophene rings is 1. The number of aliphatic hydroxyl groups is 1. The number of imide groups is 1. The number of urea groups is 1. The molecule has 0 saturated carbocycles. The number of carbonyl (C=O) groups excluding carboxylic acids is 2. The zero-order valence-electron chi connectivity index (χ0n) is 10.8. The van der Waals surface area contributed by atoms with Crippen molar-refractivity contribution < 1.29 is 19.1 Å². The van der Waals surface area contributed by atoms with Crippen LogP contribution in [-0.2, 0) is 4.79 Å². The van der Waals surface area contributed by atoms with Crippen LogP contribution in [0.15, 0.2) is 29.6 Å². The number of aliphatic hydroxyl groups excluding tert-OH is 1. The Balaban J connectivity index is 2.31. The molecule has 112 valence electrons. The molecule has 5 nitrogen and oxygen atoms in total. The van der Waals surface area contributed by atoms with E-state index in [4.69, 9.17) is 17.3 Å². The van der Waals surface area contributed by atoms with Gasteiger partial charge >= 0.3 is 6.03 Å². The second-order valence-corrected chi connectivity index (χ2v) is 5.82. The molecule has 3 N–H and O–H groups in total. The van der Waals surface area contributed by atoms with Crippen molar-refractivity contribution in [3.63, 3.8) is 0 Å². The third-order valence-corrected chi connectivity index (χ3v) is 4.34. The molecule has 0 spiro atoms. The first-order chi connectivity index (χ1) is 10.4. The molecule has 1 aromatic heterocycles. The van der Waals surface area contributed by atoms with E-state index in [1.165, 1.54) is 11.3 Å². The minimum atomic E-state index is -1.04. The summed E-state index contributed by atoms with van der Waals surface area (Å²) in [5, 5.41) is 11.8. The van der Waals surface area contributed by atoms with Gasteiger partial charge in [-0.3, -0.25) is 4.79 Å². The second kappa shape index (κ2) is 5.11. The molecule has 3 rings (SSSR count). The third kappa shape index (κ3) is 2.06. The number of primary amides is 1. The van der Waals surface area contributed by atoms with Crippen molar-refractivity contribution in [2.75, 3.05) is 4.90 Å². The molecule has 0 aliphatic carbocycles. The summed E-state index contributed by atoms with van der Waals surface area (Å²) < 4.78 is 13.7. The van der Waals surface area contributed by atoms with E-state index in [9.17, 15) is 19.1 Å². The Hall–Kier alpha value is -2.38. The van der Waals surface area contributed by atoms with Crippen LogP contribution in [0.25, 0.3) is 11.3 Å².